The van der Waals surface area contributed by atoms with E-state index in [2.05, 4.69) is 10.6 Å². The van der Waals surface area contributed by atoms with Gasteiger partial charge in [-0.25, -0.2) is 4.79 Å². The first-order valence-electron chi connectivity index (χ1n) is 8.32. The first-order chi connectivity index (χ1) is 10.8. The van der Waals surface area contributed by atoms with E-state index in [0.717, 1.165) is 12.8 Å². The number of nitrogens with one attached hydrogen (secondary N) is 2. The molecule has 1 aliphatic carbocycles. The quantitative estimate of drug-likeness (QED) is 0.688. The molecule has 0 spiro atoms. The van der Waals surface area contributed by atoms with Crippen LogP contribution < -0.4 is 10.6 Å². The van der Waals surface area contributed by atoms with E-state index in [0.29, 0.717) is 32.0 Å². The molecule has 0 aromatic carbocycles. The number of amides is 3. The number of hydrogen-bond donors (Lipinski definition) is 3. The van der Waals surface area contributed by atoms with Gasteiger partial charge >= 0.3 is 12.0 Å². The molecule has 1 saturated heterocycles. The first-order valence-corrected chi connectivity index (χ1v) is 8.32. The minimum Gasteiger partial charge on any atom is -0.481 e. The van der Waals surface area contributed by atoms with Gasteiger partial charge in [0.05, 0.1) is 11.5 Å². The number of imide groups is 1. The minimum atomic E-state index is -0.759. The van der Waals surface area contributed by atoms with E-state index in [1.165, 1.54) is 0 Å². The molecule has 3 amide bonds. The number of urea groups is 1. The Kier molecular flexibility index (Phi) is 7.04. The van der Waals surface area contributed by atoms with Gasteiger partial charge in [-0.2, -0.15) is 0 Å². The Morgan fingerprint density at radius 3 is 2.50 bits per heavy atom. The fourth-order valence-electron chi connectivity index (χ4n) is 3.70. The van der Waals surface area contributed by atoms with Crippen molar-refractivity contribution in [3.05, 3.63) is 0 Å². The fourth-order valence-corrected chi connectivity index (χ4v) is 3.70. The molecule has 1 heterocycles. The molecule has 8 heteroatoms. The number of likely N-dealkylation sites (tertiary alicyclic amines) is 1. The van der Waals surface area contributed by atoms with Gasteiger partial charge in [0.1, 0.15) is 0 Å². The van der Waals surface area contributed by atoms with E-state index >= 15 is 0 Å². The van der Waals surface area contributed by atoms with Crippen LogP contribution in [0.3, 0.4) is 0 Å². The summed E-state index contributed by atoms with van der Waals surface area (Å²) in [5.74, 6) is -0.733. The van der Waals surface area contributed by atoms with Gasteiger partial charge in [0.25, 0.3) is 0 Å². The molecule has 2 rings (SSSR count). The van der Waals surface area contributed by atoms with Crippen molar-refractivity contribution in [3.63, 3.8) is 0 Å². The van der Waals surface area contributed by atoms with Crippen molar-refractivity contribution in [1.29, 1.82) is 0 Å². The van der Waals surface area contributed by atoms with Gasteiger partial charge in [-0.05, 0) is 31.6 Å². The van der Waals surface area contributed by atoms with Gasteiger partial charge in [0.15, 0.2) is 0 Å². The van der Waals surface area contributed by atoms with Crippen LogP contribution in [0.25, 0.3) is 0 Å². The number of fused-ring (bicyclic) bond motifs is 1. The first kappa shape index (κ1) is 20.7. The summed E-state index contributed by atoms with van der Waals surface area (Å²) in [5.41, 5.74) is -0.714. The lowest BCUT2D eigenvalue weighted by Crippen LogP contribution is -2.50. The predicted molar refractivity (Wildman–Crippen MR) is 92.1 cm³/mol. The number of hydrogen-bond acceptors (Lipinski definition) is 4. The monoisotopic (exact) mass is 361 g/mol. The lowest BCUT2D eigenvalue weighted by atomic mass is 9.81. The zero-order valence-corrected chi connectivity index (χ0v) is 15.3. The van der Waals surface area contributed by atoms with E-state index in [-0.39, 0.29) is 24.2 Å². The van der Waals surface area contributed by atoms with Crippen LogP contribution in [0.1, 0.15) is 40.0 Å². The normalized spacial score (nSPS) is 27.2. The largest absolute Gasteiger partial charge is 0.481 e. The average molecular weight is 362 g/mol. The molecule has 0 aromatic heterocycles. The summed E-state index contributed by atoms with van der Waals surface area (Å²) in [4.78, 5) is 37.5. The number of carbonyl (C=O) groups excluding carboxylic acids is 2. The molecule has 1 unspecified atom stereocenters. The summed E-state index contributed by atoms with van der Waals surface area (Å²) in [6.07, 6.45) is 2.50. The summed E-state index contributed by atoms with van der Waals surface area (Å²) < 4.78 is 0. The molecule has 3 N–H and O–H groups in total. The Morgan fingerprint density at radius 1 is 1.29 bits per heavy atom. The smallest absolute Gasteiger partial charge is 0.321 e. The van der Waals surface area contributed by atoms with Crippen LogP contribution in [0.5, 0.6) is 0 Å². The molecule has 1 saturated carbocycles. The second-order valence-corrected chi connectivity index (χ2v) is 7.25. The molecule has 3 atom stereocenters. The van der Waals surface area contributed by atoms with E-state index < -0.39 is 23.5 Å². The molecule has 2 fully saturated rings. The van der Waals surface area contributed by atoms with Crippen molar-refractivity contribution in [3.8, 4) is 0 Å². The molecule has 2 aliphatic rings. The van der Waals surface area contributed by atoms with Gasteiger partial charge in [0.2, 0.25) is 5.91 Å². The van der Waals surface area contributed by atoms with Crippen LogP contribution in [0.2, 0.25) is 0 Å². The van der Waals surface area contributed by atoms with Crippen LogP contribution in [-0.2, 0) is 9.59 Å². The molecule has 7 nitrogen and oxygen atoms in total. The molecule has 0 radical (unpaired) electrons. The van der Waals surface area contributed by atoms with E-state index in [4.69, 9.17) is 0 Å². The summed E-state index contributed by atoms with van der Waals surface area (Å²) >= 11 is 0. The third-order valence-electron chi connectivity index (χ3n) is 5.16. The van der Waals surface area contributed by atoms with Crippen LogP contribution >= 0.6 is 12.4 Å². The standard InChI is InChI=1S/C16H27N3O4.ClH/c1-10(2)7-17-15(23)18-13(20)11(3)19-8-12-5-4-6-16(12,9-19)14(21)22;/h10-12H,4-9H2,1-3H3,(H,21,22)(H2,17,18,20,23);1H/t11?,12-,16+;/m0./s1. The second kappa shape index (κ2) is 8.16. The Bertz CT molecular complexity index is 500. The minimum absolute atomic E-state index is 0. The zero-order chi connectivity index (χ0) is 17.2. The van der Waals surface area contributed by atoms with Gasteiger partial charge in [-0.1, -0.05) is 20.3 Å². The predicted octanol–water partition coefficient (Wildman–Crippen LogP) is 1.47. The highest BCUT2D eigenvalue weighted by Gasteiger charge is 2.55. The van der Waals surface area contributed by atoms with Crippen molar-refractivity contribution in [1.82, 2.24) is 15.5 Å². The Labute approximate surface area is 148 Å². The van der Waals surface area contributed by atoms with Crippen molar-refractivity contribution < 1.29 is 19.5 Å². The number of carboxylic acid groups (broad SMARTS) is 1. The second-order valence-electron chi connectivity index (χ2n) is 7.25. The number of halogens is 1. The third kappa shape index (κ3) is 4.19. The third-order valence-corrected chi connectivity index (χ3v) is 5.16. The maximum absolute atomic E-state index is 12.2. The Hall–Kier alpha value is -1.34. The molecule has 0 aromatic rings. The molecular weight excluding hydrogens is 334 g/mol. The van der Waals surface area contributed by atoms with Crippen molar-refractivity contribution in [2.24, 2.45) is 17.3 Å². The van der Waals surface area contributed by atoms with E-state index in [1.54, 1.807) is 6.92 Å². The number of carboxylic acids is 1. The SMILES string of the molecule is CC(C)CNC(=O)NC(=O)C(C)N1C[C@@H]2CCC[C@@]2(C(=O)O)C1.Cl. The van der Waals surface area contributed by atoms with Crippen molar-refractivity contribution in [2.45, 2.75) is 46.1 Å². The highest BCUT2D eigenvalue weighted by Crippen LogP contribution is 2.49. The van der Waals surface area contributed by atoms with E-state index in [9.17, 15) is 19.5 Å². The van der Waals surface area contributed by atoms with Gasteiger partial charge in [-0.3, -0.25) is 19.8 Å². The maximum Gasteiger partial charge on any atom is 0.321 e. The van der Waals surface area contributed by atoms with Crippen molar-refractivity contribution in [2.75, 3.05) is 19.6 Å². The Morgan fingerprint density at radius 2 is 1.96 bits per heavy atom. The number of carbonyl (C=O) groups is 3. The molecular formula is C16H28ClN3O4. The summed E-state index contributed by atoms with van der Waals surface area (Å²) in [5, 5.41) is 14.6. The maximum atomic E-state index is 12.2. The molecule has 0 bridgehead atoms. The van der Waals surface area contributed by atoms with Crippen LogP contribution in [0, 0.1) is 17.3 Å². The van der Waals surface area contributed by atoms with Crippen molar-refractivity contribution >= 4 is 30.3 Å². The van der Waals surface area contributed by atoms with Crippen LogP contribution in [0.15, 0.2) is 0 Å². The summed E-state index contributed by atoms with van der Waals surface area (Å²) in [6.45, 7) is 7.16. The Balaban J connectivity index is 0.00000288. The number of nitrogens with zero attached hydrogens (tertiary/aromatic N) is 1. The summed E-state index contributed by atoms with van der Waals surface area (Å²) in [7, 11) is 0. The lowest BCUT2D eigenvalue weighted by molar-refractivity contribution is -0.149. The van der Waals surface area contributed by atoms with Gasteiger partial charge in [-0.15, -0.1) is 12.4 Å². The lowest BCUT2D eigenvalue weighted by Gasteiger charge is -2.26. The molecule has 24 heavy (non-hydrogen) atoms. The van der Waals surface area contributed by atoms with Crippen LogP contribution in [-0.4, -0.2) is 53.6 Å². The average Bonchev–Trinajstić information content (AvgIpc) is 3.02. The van der Waals surface area contributed by atoms with Gasteiger partial charge < -0.3 is 10.4 Å². The molecule has 138 valence electrons. The number of aliphatic carboxylic acids is 1. The molecule has 1 aliphatic heterocycles. The van der Waals surface area contributed by atoms with E-state index in [1.807, 2.05) is 18.7 Å². The summed E-state index contributed by atoms with van der Waals surface area (Å²) in [6, 6.07) is -1.01. The van der Waals surface area contributed by atoms with Crippen LogP contribution in [0.4, 0.5) is 4.79 Å². The zero-order valence-electron chi connectivity index (χ0n) is 14.5. The fraction of sp³-hybridized carbons (Fsp3) is 0.812. The highest BCUT2D eigenvalue weighted by atomic mass is 35.5. The number of rotatable bonds is 5. The highest BCUT2D eigenvalue weighted by molar-refractivity contribution is 5.96. The van der Waals surface area contributed by atoms with Gasteiger partial charge in [0, 0.05) is 19.6 Å². The topological polar surface area (TPSA) is 98.7 Å².